The number of rotatable bonds is 9. The maximum Gasteiger partial charge on any atom is 0.331 e. The van der Waals surface area contributed by atoms with Crippen molar-refractivity contribution in [2.75, 3.05) is 18.5 Å². The molecule has 2 rings (SSSR count). The Morgan fingerprint density at radius 1 is 1.07 bits per heavy atom. The van der Waals surface area contributed by atoms with Gasteiger partial charge >= 0.3 is 5.97 Å². The van der Waals surface area contributed by atoms with Gasteiger partial charge in [-0.15, -0.1) is 0 Å². The van der Waals surface area contributed by atoms with E-state index in [4.69, 9.17) is 14.6 Å². The number of primary sulfonamides is 1. The van der Waals surface area contributed by atoms with E-state index in [0.717, 1.165) is 5.56 Å². The zero-order chi connectivity index (χ0) is 21.3. The van der Waals surface area contributed by atoms with Gasteiger partial charge in [0.25, 0.3) is 5.91 Å². The predicted molar refractivity (Wildman–Crippen MR) is 109 cm³/mol. The molecular weight excluding hydrogens is 396 g/mol. The standard InChI is InChI=1S/C20H20N2O6S/c1-2-13-27-17-8-3-15(4-9-17)5-12-20(24)28-14-19(23)22-16-6-10-18(11-7-16)29(21,25)26/h2-12H,1,13-14H2,(H,22,23)(H2,21,25,26)/b12-5+. The largest absolute Gasteiger partial charge is 0.490 e. The predicted octanol–water partition coefficient (Wildman–Crippen LogP) is 2.09. The summed E-state index contributed by atoms with van der Waals surface area (Å²) in [5.74, 6) is -0.575. The van der Waals surface area contributed by atoms with Gasteiger partial charge in [0.05, 0.1) is 4.90 Å². The van der Waals surface area contributed by atoms with Crippen LogP contribution in [0.15, 0.2) is 72.2 Å². The third kappa shape index (κ3) is 7.60. The average Bonchev–Trinajstić information content (AvgIpc) is 2.69. The fraction of sp³-hybridized carbons (Fsp3) is 0.100. The average molecular weight is 416 g/mol. The summed E-state index contributed by atoms with van der Waals surface area (Å²) in [6.07, 6.45) is 4.39. The Labute approximate surface area is 168 Å². The minimum atomic E-state index is -3.81. The molecule has 0 fully saturated rings. The highest BCUT2D eigenvalue weighted by molar-refractivity contribution is 7.89. The Morgan fingerprint density at radius 2 is 1.72 bits per heavy atom. The number of esters is 1. The number of carbonyl (C=O) groups excluding carboxylic acids is 2. The van der Waals surface area contributed by atoms with E-state index in [1.807, 2.05) is 0 Å². The third-order valence-electron chi connectivity index (χ3n) is 3.47. The summed E-state index contributed by atoms with van der Waals surface area (Å²) in [7, 11) is -3.81. The van der Waals surface area contributed by atoms with Gasteiger partial charge in [0, 0.05) is 11.8 Å². The number of hydrogen-bond donors (Lipinski definition) is 2. The fourth-order valence-corrected chi connectivity index (χ4v) is 2.62. The molecule has 0 heterocycles. The van der Waals surface area contributed by atoms with Crippen LogP contribution in [0.4, 0.5) is 5.69 Å². The van der Waals surface area contributed by atoms with Crippen molar-refractivity contribution in [1.29, 1.82) is 0 Å². The summed E-state index contributed by atoms with van der Waals surface area (Å²) in [6.45, 7) is 3.48. The molecule has 1 amide bonds. The molecule has 152 valence electrons. The second kappa shape index (κ2) is 10.2. The third-order valence-corrected chi connectivity index (χ3v) is 4.40. The van der Waals surface area contributed by atoms with E-state index < -0.39 is 28.5 Å². The number of ether oxygens (including phenoxy) is 2. The van der Waals surface area contributed by atoms with Crippen molar-refractivity contribution in [3.05, 3.63) is 72.8 Å². The number of hydrogen-bond acceptors (Lipinski definition) is 6. The van der Waals surface area contributed by atoms with Crippen molar-refractivity contribution >= 4 is 33.7 Å². The minimum absolute atomic E-state index is 0.0765. The summed E-state index contributed by atoms with van der Waals surface area (Å²) in [4.78, 5) is 23.5. The Hall–Kier alpha value is -3.43. The topological polar surface area (TPSA) is 125 Å². The van der Waals surface area contributed by atoms with Crippen LogP contribution in [0.1, 0.15) is 5.56 Å². The van der Waals surface area contributed by atoms with E-state index in [0.29, 0.717) is 18.0 Å². The van der Waals surface area contributed by atoms with Crippen molar-refractivity contribution < 1.29 is 27.5 Å². The van der Waals surface area contributed by atoms with E-state index in [1.54, 1.807) is 36.4 Å². The molecule has 2 aromatic carbocycles. The molecule has 0 aliphatic heterocycles. The molecule has 0 radical (unpaired) electrons. The van der Waals surface area contributed by atoms with Crippen LogP contribution in [0.5, 0.6) is 5.75 Å². The van der Waals surface area contributed by atoms with Crippen LogP contribution in [0, 0.1) is 0 Å². The number of sulfonamides is 1. The van der Waals surface area contributed by atoms with Crippen molar-refractivity contribution in [3.63, 3.8) is 0 Å². The number of nitrogens with one attached hydrogen (secondary N) is 1. The van der Waals surface area contributed by atoms with Gasteiger partial charge in [-0.1, -0.05) is 24.8 Å². The molecule has 29 heavy (non-hydrogen) atoms. The van der Waals surface area contributed by atoms with Gasteiger partial charge in [-0.25, -0.2) is 18.4 Å². The van der Waals surface area contributed by atoms with Crippen LogP contribution in [-0.2, 0) is 24.3 Å². The lowest BCUT2D eigenvalue weighted by Gasteiger charge is -2.06. The molecule has 9 heteroatoms. The molecule has 0 spiro atoms. The van der Waals surface area contributed by atoms with Crippen LogP contribution >= 0.6 is 0 Å². The molecule has 2 aromatic rings. The van der Waals surface area contributed by atoms with E-state index >= 15 is 0 Å². The highest BCUT2D eigenvalue weighted by Crippen LogP contribution is 2.14. The van der Waals surface area contributed by atoms with E-state index in [2.05, 4.69) is 11.9 Å². The normalized spacial score (nSPS) is 11.1. The molecule has 0 aliphatic rings. The molecule has 3 N–H and O–H groups in total. The van der Waals surface area contributed by atoms with E-state index in [1.165, 1.54) is 30.3 Å². The summed E-state index contributed by atoms with van der Waals surface area (Å²) < 4.78 is 32.6. The molecule has 0 aromatic heterocycles. The Balaban J connectivity index is 1.80. The van der Waals surface area contributed by atoms with Crippen LogP contribution in [0.2, 0.25) is 0 Å². The van der Waals surface area contributed by atoms with E-state index in [9.17, 15) is 18.0 Å². The highest BCUT2D eigenvalue weighted by atomic mass is 32.2. The van der Waals surface area contributed by atoms with Crippen LogP contribution in [0.25, 0.3) is 6.08 Å². The lowest BCUT2D eigenvalue weighted by Crippen LogP contribution is -2.20. The molecule has 0 saturated carbocycles. The summed E-state index contributed by atoms with van der Waals surface area (Å²) in [6, 6.07) is 12.3. The first-order chi connectivity index (χ1) is 13.8. The maximum atomic E-state index is 11.8. The quantitative estimate of drug-likeness (QED) is 0.366. The van der Waals surface area contributed by atoms with Crippen LogP contribution in [0.3, 0.4) is 0 Å². The molecule has 0 unspecified atom stereocenters. The Kier molecular flexibility index (Phi) is 7.70. The lowest BCUT2D eigenvalue weighted by molar-refractivity contribution is -0.142. The molecule has 0 aliphatic carbocycles. The molecular formula is C20H20N2O6S. The minimum Gasteiger partial charge on any atom is -0.490 e. The maximum absolute atomic E-state index is 11.8. The number of nitrogens with two attached hydrogens (primary N) is 1. The zero-order valence-corrected chi connectivity index (χ0v) is 16.2. The van der Waals surface area contributed by atoms with Crippen molar-refractivity contribution in [2.45, 2.75) is 4.90 Å². The van der Waals surface area contributed by atoms with Gasteiger partial charge in [-0.2, -0.15) is 0 Å². The molecule has 0 saturated heterocycles. The smallest absolute Gasteiger partial charge is 0.331 e. The lowest BCUT2D eigenvalue weighted by atomic mass is 10.2. The number of carbonyl (C=O) groups is 2. The Morgan fingerprint density at radius 3 is 2.31 bits per heavy atom. The first kappa shape index (κ1) is 21.9. The van der Waals surface area contributed by atoms with Crippen LogP contribution in [-0.4, -0.2) is 33.5 Å². The molecule has 0 bridgehead atoms. The second-order valence-electron chi connectivity index (χ2n) is 5.73. The number of benzene rings is 2. The monoisotopic (exact) mass is 416 g/mol. The number of amides is 1. The van der Waals surface area contributed by atoms with Crippen LogP contribution < -0.4 is 15.2 Å². The van der Waals surface area contributed by atoms with Crippen molar-refractivity contribution in [2.24, 2.45) is 5.14 Å². The van der Waals surface area contributed by atoms with Gasteiger partial charge < -0.3 is 14.8 Å². The highest BCUT2D eigenvalue weighted by Gasteiger charge is 2.09. The van der Waals surface area contributed by atoms with Gasteiger partial charge in [0.1, 0.15) is 12.4 Å². The Bertz CT molecular complexity index is 996. The first-order valence-electron chi connectivity index (χ1n) is 8.39. The summed E-state index contributed by atoms with van der Waals surface area (Å²) in [5.41, 5.74) is 1.10. The zero-order valence-electron chi connectivity index (χ0n) is 15.4. The summed E-state index contributed by atoms with van der Waals surface area (Å²) in [5, 5.41) is 7.47. The van der Waals surface area contributed by atoms with Gasteiger partial charge in [-0.05, 0) is 48.0 Å². The van der Waals surface area contributed by atoms with Crippen molar-refractivity contribution in [3.8, 4) is 5.75 Å². The van der Waals surface area contributed by atoms with E-state index in [-0.39, 0.29) is 4.90 Å². The molecule has 0 atom stereocenters. The number of anilines is 1. The van der Waals surface area contributed by atoms with Crippen molar-refractivity contribution in [1.82, 2.24) is 0 Å². The van der Waals surface area contributed by atoms with Gasteiger partial charge in [0.2, 0.25) is 10.0 Å². The second-order valence-corrected chi connectivity index (χ2v) is 7.29. The SMILES string of the molecule is C=CCOc1ccc(/C=C/C(=O)OCC(=O)Nc2ccc(S(N)(=O)=O)cc2)cc1. The van der Waals surface area contributed by atoms with Gasteiger partial charge in [-0.3, -0.25) is 4.79 Å². The first-order valence-corrected chi connectivity index (χ1v) is 9.94. The fourth-order valence-electron chi connectivity index (χ4n) is 2.10. The summed E-state index contributed by atoms with van der Waals surface area (Å²) >= 11 is 0. The van der Waals surface area contributed by atoms with Gasteiger partial charge in [0.15, 0.2) is 6.61 Å². The molecule has 8 nitrogen and oxygen atoms in total.